The zero-order chi connectivity index (χ0) is 16.9. The Labute approximate surface area is 145 Å². The van der Waals surface area contributed by atoms with Crippen molar-refractivity contribution in [1.82, 2.24) is 10.2 Å². The number of hydrogen-bond donors (Lipinski definition) is 0. The molecule has 0 aliphatic carbocycles. The molecule has 1 aromatic heterocycles. The zero-order valence-corrected chi connectivity index (χ0v) is 14.9. The number of para-hydroxylation sites is 1. The highest BCUT2D eigenvalue weighted by Crippen LogP contribution is 2.28. The van der Waals surface area contributed by atoms with Gasteiger partial charge in [0.25, 0.3) is 5.89 Å². The van der Waals surface area contributed by atoms with Crippen molar-refractivity contribution in [2.24, 2.45) is 0 Å². The van der Waals surface area contributed by atoms with Crippen LogP contribution in [0, 0.1) is 0 Å². The molecule has 2 aromatic rings. The molecule has 0 N–H and O–H groups in total. The van der Waals surface area contributed by atoms with Crippen molar-refractivity contribution in [1.29, 1.82) is 0 Å². The Morgan fingerprint density at radius 1 is 0.875 bits per heavy atom. The second kappa shape index (κ2) is 11.7. The first kappa shape index (κ1) is 18.5. The van der Waals surface area contributed by atoms with E-state index < -0.39 is 0 Å². The van der Waals surface area contributed by atoms with E-state index >= 15 is 0 Å². The first-order valence-electron chi connectivity index (χ1n) is 9.40. The van der Waals surface area contributed by atoms with Gasteiger partial charge in [-0.25, -0.2) is 0 Å². The van der Waals surface area contributed by atoms with Gasteiger partial charge in [0.15, 0.2) is 0 Å². The van der Waals surface area contributed by atoms with Gasteiger partial charge in [-0.05, 0) is 18.6 Å². The van der Waals surface area contributed by atoms with Crippen LogP contribution < -0.4 is 4.74 Å². The van der Waals surface area contributed by atoms with Crippen LogP contribution in [0.2, 0.25) is 0 Å². The van der Waals surface area contributed by atoms with Crippen LogP contribution >= 0.6 is 0 Å². The van der Waals surface area contributed by atoms with Crippen LogP contribution in [0.25, 0.3) is 11.5 Å². The molecule has 4 heteroatoms. The van der Waals surface area contributed by atoms with Crippen molar-refractivity contribution < 1.29 is 9.15 Å². The summed E-state index contributed by atoms with van der Waals surface area (Å²) in [6.45, 7) is 3.00. The minimum absolute atomic E-state index is 0.508. The highest BCUT2D eigenvalue weighted by molar-refractivity contribution is 5.61. The topological polar surface area (TPSA) is 48.2 Å². The van der Waals surface area contributed by atoms with Gasteiger partial charge in [0, 0.05) is 0 Å². The van der Waals surface area contributed by atoms with E-state index in [0.717, 1.165) is 24.3 Å². The predicted octanol–water partition coefficient (Wildman–Crippen LogP) is 6.04. The molecule has 0 atom stereocenters. The number of ether oxygens (including phenoxy) is 1. The molecule has 0 saturated carbocycles. The van der Waals surface area contributed by atoms with E-state index in [1.807, 2.05) is 24.3 Å². The van der Waals surface area contributed by atoms with Crippen LogP contribution in [0.1, 0.15) is 71.1 Å². The lowest BCUT2D eigenvalue weighted by Gasteiger charge is -2.09. The molecular weight excluding hydrogens is 300 g/mol. The summed E-state index contributed by atoms with van der Waals surface area (Å²) >= 11 is 0. The highest BCUT2D eigenvalue weighted by Gasteiger charge is 2.09. The maximum atomic E-state index is 5.91. The lowest BCUT2D eigenvalue weighted by molar-refractivity contribution is 0.304. The Morgan fingerprint density at radius 2 is 1.54 bits per heavy atom. The predicted molar refractivity (Wildman–Crippen MR) is 97.1 cm³/mol. The second-order valence-electron chi connectivity index (χ2n) is 6.27. The van der Waals surface area contributed by atoms with E-state index in [1.165, 1.54) is 64.2 Å². The molecule has 24 heavy (non-hydrogen) atoms. The summed E-state index contributed by atoms with van der Waals surface area (Å²) < 4.78 is 11.2. The van der Waals surface area contributed by atoms with Gasteiger partial charge in [0.05, 0.1) is 12.2 Å². The molecule has 0 bridgehead atoms. The summed E-state index contributed by atoms with van der Waals surface area (Å²) in [7, 11) is 0. The van der Waals surface area contributed by atoms with Gasteiger partial charge in [0.1, 0.15) is 5.75 Å². The van der Waals surface area contributed by atoms with E-state index in [0.29, 0.717) is 5.89 Å². The minimum atomic E-state index is 0.508. The van der Waals surface area contributed by atoms with Gasteiger partial charge in [-0.3, -0.25) is 0 Å². The lowest BCUT2D eigenvalue weighted by Crippen LogP contribution is -1.99. The summed E-state index contributed by atoms with van der Waals surface area (Å²) in [5, 5.41) is 7.68. The smallest absolute Gasteiger partial charge is 0.251 e. The molecule has 1 aromatic carbocycles. The van der Waals surface area contributed by atoms with Gasteiger partial charge in [-0.2, -0.15) is 0 Å². The molecule has 0 radical (unpaired) electrons. The summed E-state index contributed by atoms with van der Waals surface area (Å²) in [6, 6.07) is 7.82. The van der Waals surface area contributed by atoms with Gasteiger partial charge in [-0.1, -0.05) is 76.8 Å². The van der Waals surface area contributed by atoms with Crippen molar-refractivity contribution in [2.75, 3.05) is 6.61 Å². The van der Waals surface area contributed by atoms with Crippen LogP contribution in [-0.2, 0) is 0 Å². The Hall–Kier alpha value is -1.84. The number of benzene rings is 1. The Balaban J connectivity index is 1.55. The molecular formula is C20H30N2O2. The third-order valence-corrected chi connectivity index (χ3v) is 4.23. The van der Waals surface area contributed by atoms with Gasteiger partial charge in [-0.15, -0.1) is 10.2 Å². The molecule has 0 fully saturated rings. The van der Waals surface area contributed by atoms with Crippen molar-refractivity contribution >= 4 is 0 Å². The molecule has 132 valence electrons. The largest absolute Gasteiger partial charge is 0.493 e. The third kappa shape index (κ3) is 6.73. The van der Waals surface area contributed by atoms with Gasteiger partial charge < -0.3 is 9.15 Å². The Morgan fingerprint density at radius 3 is 2.21 bits per heavy atom. The number of rotatable bonds is 13. The van der Waals surface area contributed by atoms with E-state index in [1.54, 1.807) is 0 Å². The molecule has 2 rings (SSSR count). The number of unbranched alkanes of at least 4 members (excludes halogenated alkanes) is 9. The fourth-order valence-electron chi connectivity index (χ4n) is 2.83. The number of hydrogen-bond acceptors (Lipinski definition) is 4. The maximum Gasteiger partial charge on any atom is 0.251 e. The average Bonchev–Trinajstić information content (AvgIpc) is 3.14. The Bertz CT molecular complexity index is 540. The van der Waals surface area contributed by atoms with Crippen LogP contribution in [-0.4, -0.2) is 16.8 Å². The SMILES string of the molecule is CCCCCCCCCCCCOc1ccccc1-c1nnco1. The minimum Gasteiger partial charge on any atom is -0.493 e. The molecule has 0 aliphatic rings. The first-order valence-corrected chi connectivity index (χ1v) is 9.40. The molecule has 1 heterocycles. The lowest BCUT2D eigenvalue weighted by atomic mass is 10.1. The third-order valence-electron chi connectivity index (χ3n) is 4.23. The van der Waals surface area contributed by atoms with Crippen molar-refractivity contribution in [2.45, 2.75) is 71.1 Å². The van der Waals surface area contributed by atoms with Gasteiger partial charge >= 0.3 is 0 Å². The summed E-state index contributed by atoms with van der Waals surface area (Å²) in [6.07, 6.45) is 14.6. The zero-order valence-electron chi connectivity index (χ0n) is 14.9. The second-order valence-corrected chi connectivity index (χ2v) is 6.27. The van der Waals surface area contributed by atoms with Crippen LogP contribution in [0.3, 0.4) is 0 Å². The molecule has 0 unspecified atom stereocenters. The monoisotopic (exact) mass is 330 g/mol. The van der Waals surface area contributed by atoms with Crippen LogP contribution in [0.4, 0.5) is 0 Å². The summed E-state index contributed by atoms with van der Waals surface area (Å²) in [5.74, 6) is 1.33. The molecule has 0 aliphatic heterocycles. The van der Waals surface area contributed by atoms with Gasteiger partial charge in [0.2, 0.25) is 6.39 Å². The van der Waals surface area contributed by atoms with Crippen molar-refractivity contribution in [3.05, 3.63) is 30.7 Å². The van der Waals surface area contributed by atoms with Crippen molar-refractivity contribution in [3.8, 4) is 17.2 Å². The fraction of sp³-hybridized carbons (Fsp3) is 0.600. The quantitative estimate of drug-likeness (QED) is 0.420. The van der Waals surface area contributed by atoms with Crippen molar-refractivity contribution in [3.63, 3.8) is 0 Å². The molecule has 4 nitrogen and oxygen atoms in total. The van der Waals surface area contributed by atoms with E-state index in [9.17, 15) is 0 Å². The van der Waals surface area contributed by atoms with E-state index in [4.69, 9.17) is 9.15 Å². The van der Waals surface area contributed by atoms with E-state index in [2.05, 4.69) is 17.1 Å². The Kier molecular flexibility index (Phi) is 8.99. The molecule has 0 spiro atoms. The molecule has 0 saturated heterocycles. The summed E-state index contributed by atoms with van der Waals surface area (Å²) in [4.78, 5) is 0. The summed E-state index contributed by atoms with van der Waals surface area (Å²) in [5.41, 5.74) is 0.863. The number of nitrogens with zero attached hydrogens (tertiary/aromatic N) is 2. The molecule has 0 amide bonds. The standard InChI is InChI=1S/C20H30N2O2/c1-2-3-4-5-6-7-8-9-10-13-16-23-19-15-12-11-14-18(19)20-22-21-17-24-20/h11-12,14-15,17H,2-10,13,16H2,1H3. The maximum absolute atomic E-state index is 5.91. The normalized spacial score (nSPS) is 10.9. The highest BCUT2D eigenvalue weighted by atomic mass is 16.5. The van der Waals surface area contributed by atoms with Crippen LogP contribution in [0.15, 0.2) is 35.1 Å². The van der Waals surface area contributed by atoms with Crippen LogP contribution in [0.5, 0.6) is 5.75 Å². The number of aromatic nitrogens is 2. The average molecular weight is 330 g/mol. The van der Waals surface area contributed by atoms with E-state index in [-0.39, 0.29) is 0 Å². The fourth-order valence-corrected chi connectivity index (χ4v) is 2.83. The first-order chi connectivity index (χ1) is 11.9.